The van der Waals surface area contributed by atoms with Crippen LogP contribution in [0.1, 0.15) is 36.0 Å². The highest BCUT2D eigenvalue weighted by Gasteiger charge is 2.31. The summed E-state index contributed by atoms with van der Waals surface area (Å²) in [6.07, 6.45) is 3.33. The van der Waals surface area contributed by atoms with Gasteiger partial charge < -0.3 is 15.7 Å². The number of hydrogen-bond acceptors (Lipinski definition) is 3. The first-order valence-electron chi connectivity index (χ1n) is 7.12. The van der Waals surface area contributed by atoms with Gasteiger partial charge in [-0.2, -0.15) is 0 Å². The van der Waals surface area contributed by atoms with Gasteiger partial charge in [-0.1, -0.05) is 36.0 Å². The lowest BCUT2D eigenvalue weighted by Gasteiger charge is -2.22. The summed E-state index contributed by atoms with van der Waals surface area (Å²) in [5, 5.41) is 15.9. The van der Waals surface area contributed by atoms with E-state index in [1.165, 1.54) is 12.1 Å². The van der Waals surface area contributed by atoms with Crippen molar-refractivity contribution in [3.63, 3.8) is 0 Å². The molecule has 1 aliphatic carbocycles. The maximum Gasteiger partial charge on any atom is 0.253 e. The van der Waals surface area contributed by atoms with E-state index in [0.717, 1.165) is 12.8 Å². The van der Waals surface area contributed by atoms with Crippen LogP contribution in [0, 0.1) is 0 Å². The fourth-order valence-electron chi connectivity index (χ4n) is 2.46. The second-order valence-corrected chi connectivity index (χ2v) is 6.36. The van der Waals surface area contributed by atoms with E-state index in [2.05, 4.69) is 10.6 Å². The zero-order chi connectivity index (χ0) is 16.2. The van der Waals surface area contributed by atoms with Gasteiger partial charge in [-0.05, 0) is 31.0 Å². The quantitative estimate of drug-likeness (QED) is 0.765. The number of nitrogens with one attached hydrogen (secondary N) is 2. The molecule has 1 saturated carbocycles. The highest BCUT2D eigenvalue weighted by Crippen LogP contribution is 2.28. The lowest BCUT2D eigenvalue weighted by molar-refractivity contribution is -0.121. The molecule has 0 aromatic heterocycles. The zero-order valence-corrected chi connectivity index (χ0v) is 13.5. The van der Waals surface area contributed by atoms with Crippen LogP contribution in [0.5, 0.6) is 0 Å². The van der Waals surface area contributed by atoms with E-state index in [0.29, 0.717) is 17.9 Å². The summed E-state index contributed by atoms with van der Waals surface area (Å²) in [5.74, 6) is -0.796. The van der Waals surface area contributed by atoms with Gasteiger partial charge >= 0.3 is 0 Å². The van der Waals surface area contributed by atoms with E-state index in [-0.39, 0.29) is 29.6 Å². The van der Waals surface area contributed by atoms with E-state index in [1.807, 2.05) is 0 Å². The van der Waals surface area contributed by atoms with E-state index in [1.54, 1.807) is 6.07 Å². The van der Waals surface area contributed by atoms with Gasteiger partial charge in [0, 0.05) is 11.6 Å². The highest BCUT2D eigenvalue weighted by atomic mass is 35.5. The predicted octanol–water partition coefficient (Wildman–Crippen LogP) is 2.14. The van der Waals surface area contributed by atoms with Crippen LogP contribution in [0.25, 0.3) is 0 Å². The Labute approximate surface area is 139 Å². The van der Waals surface area contributed by atoms with E-state index in [4.69, 9.17) is 23.2 Å². The molecule has 0 heterocycles. The van der Waals surface area contributed by atoms with Crippen molar-refractivity contribution in [3.05, 3.63) is 33.8 Å². The van der Waals surface area contributed by atoms with Crippen LogP contribution >= 0.6 is 23.2 Å². The minimum Gasteiger partial charge on any atom is -0.388 e. The topological polar surface area (TPSA) is 78.4 Å². The standard InChI is InChI=1S/C15H18Cl2N2O3/c16-10-3-4-11(12(17)7-10)14(21)18-8-13(20)19-9-15(22)5-1-2-6-15/h3-4,7,22H,1-2,5-6,8-9H2,(H,18,21)(H,19,20). The van der Waals surface area contributed by atoms with E-state index < -0.39 is 11.5 Å². The monoisotopic (exact) mass is 344 g/mol. The third-order valence-electron chi connectivity index (χ3n) is 3.73. The fourth-order valence-corrected chi connectivity index (χ4v) is 2.96. The molecule has 1 aromatic rings. The molecule has 7 heteroatoms. The van der Waals surface area contributed by atoms with Gasteiger partial charge in [0.1, 0.15) is 0 Å². The minimum atomic E-state index is -0.806. The lowest BCUT2D eigenvalue weighted by atomic mass is 10.0. The zero-order valence-electron chi connectivity index (χ0n) is 12.0. The smallest absolute Gasteiger partial charge is 0.253 e. The molecule has 1 aliphatic rings. The van der Waals surface area contributed by atoms with Crippen molar-refractivity contribution in [1.29, 1.82) is 0 Å². The van der Waals surface area contributed by atoms with Crippen molar-refractivity contribution in [2.24, 2.45) is 0 Å². The second kappa shape index (κ2) is 7.31. The number of benzene rings is 1. The molecule has 22 heavy (non-hydrogen) atoms. The lowest BCUT2D eigenvalue weighted by Crippen LogP contribution is -2.44. The first kappa shape index (κ1) is 17.1. The Morgan fingerprint density at radius 2 is 1.86 bits per heavy atom. The van der Waals surface area contributed by atoms with Crippen molar-refractivity contribution in [1.82, 2.24) is 10.6 Å². The fraction of sp³-hybridized carbons (Fsp3) is 0.467. The molecule has 0 unspecified atom stereocenters. The van der Waals surface area contributed by atoms with Crippen molar-refractivity contribution in [2.45, 2.75) is 31.3 Å². The van der Waals surface area contributed by atoms with Crippen LogP contribution in [-0.4, -0.2) is 35.6 Å². The van der Waals surface area contributed by atoms with E-state index >= 15 is 0 Å². The molecule has 0 radical (unpaired) electrons. The summed E-state index contributed by atoms with van der Waals surface area (Å²) in [6.45, 7) is 0.0390. The molecule has 2 amide bonds. The SMILES string of the molecule is O=C(CNC(=O)c1ccc(Cl)cc1Cl)NCC1(O)CCCC1. The van der Waals surface area contributed by atoms with Crippen LogP contribution in [0.2, 0.25) is 10.0 Å². The van der Waals surface area contributed by atoms with Crippen LogP contribution in [0.15, 0.2) is 18.2 Å². The van der Waals surface area contributed by atoms with Crippen molar-refractivity contribution < 1.29 is 14.7 Å². The Morgan fingerprint density at radius 1 is 1.18 bits per heavy atom. The maximum atomic E-state index is 11.9. The largest absolute Gasteiger partial charge is 0.388 e. The third-order valence-corrected chi connectivity index (χ3v) is 4.28. The molecule has 5 nitrogen and oxygen atoms in total. The minimum absolute atomic E-state index is 0.173. The van der Waals surface area contributed by atoms with E-state index in [9.17, 15) is 14.7 Å². The maximum absolute atomic E-state index is 11.9. The Hall–Kier alpha value is -1.30. The average Bonchev–Trinajstić information content (AvgIpc) is 2.90. The molecule has 0 spiro atoms. The number of carbonyl (C=O) groups excluding carboxylic acids is 2. The van der Waals surface area contributed by atoms with Crippen molar-refractivity contribution in [2.75, 3.05) is 13.1 Å². The highest BCUT2D eigenvalue weighted by molar-refractivity contribution is 6.36. The van der Waals surface area contributed by atoms with Gasteiger partial charge in [0.15, 0.2) is 0 Å². The molecule has 1 fully saturated rings. The molecule has 3 N–H and O–H groups in total. The number of amides is 2. The van der Waals surface area contributed by atoms with Crippen LogP contribution in [0.3, 0.4) is 0 Å². The first-order chi connectivity index (χ1) is 10.4. The first-order valence-corrected chi connectivity index (χ1v) is 7.88. The summed E-state index contributed by atoms with van der Waals surface area (Å²) >= 11 is 11.7. The summed E-state index contributed by atoms with van der Waals surface area (Å²) < 4.78 is 0. The van der Waals surface area contributed by atoms with Gasteiger partial charge in [0.25, 0.3) is 5.91 Å². The molecule has 120 valence electrons. The molecule has 0 atom stereocenters. The number of carbonyl (C=O) groups is 2. The second-order valence-electron chi connectivity index (χ2n) is 5.52. The van der Waals surface area contributed by atoms with Gasteiger partial charge in [-0.25, -0.2) is 0 Å². The molecule has 1 aromatic carbocycles. The van der Waals surface area contributed by atoms with Crippen LogP contribution < -0.4 is 10.6 Å². The Morgan fingerprint density at radius 3 is 2.50 bits per heavy atom. The van der Waals surface area contributed by atoms with Gasteiger partial charge in [-0.3, -0.25) is 9.59 Å². The summed E-state index contributed by atoms with van der Waals surface area (Å²) in [6, 6.07) is 4.52. The number of halogens is 2. The molecule has 0 saturated heterocycles. The normalized spacial score (nSPS) is 16.3. The Balaban J connectivity index is 1.79. The molecule has 0 bridgehead atoms. The van der Waals surface area contributed by atoms with Gasteiger partial charge in [-0.15, -0.1) is 0 Å². The molecular formula is C15H18Cl2N2O3. The number of aliphatic hydroxyl groups is 1. The molecule has 2 rings (SSSR count). The number of hydrogen-bond donors (Lipinski definition) is 3. The predicted molar refractivity (Wildman–Crippen MR) is 85.2 cm³/mol. The molecule has 0 aliphatic heterocycles. The third kappa shape index (κ3) is 4.60. The van der Waals surface area contributed by atoms with Gasteiger partial charge in [0.05, 0.1) is 22.7 Å². The van der Waals surface area contributed by atoms with Gasteiger partial charge in [0.2, 0.25) is 5.91 Å². The molecular weight excluding hydrogens is 327 g/mol. The summed E-state index contributed by atoms with van der Waals surface area (Å²) in [7, 11) is 0. The van der Waals surface area contributed by atoms with Crippen LogP contribution in [-0.2, 0) is 4.79 Å². The summed E-state index contributed by atoms with van der Waals surface area (Å²) in [5.41, 5.74) is -0.549. The van der Waals surface area contributed by atoms with Crippen molar-refractivity contribution >= 4 is 35.0 Å². The number of rotatable bonds is 5. The average molecular weight is 345 g/mol. The van der Waals surface area contributed by atoms with Crippen molar-refractivity contribution in [3.8, 4) is 0 Å². The Kier molecular flexibility index (Phi) is 5.67. The van der Waals surface area contributed by atoms with Crippen LogP contribution in [0.4, 0.5) is 0 Å². The summed E-state index contributed by atoms with van der Waals surface area (Å²) in [4.78, 5) is 23.7. The Bertz CT molecular complexity index is 572.